The zero-order valence-corrected chi connectivity index (χ0v) is 12.1. The van der Waals surface area contributed by atoms with Crippen LogP contribution in [0.2, 0.25) is 0 Å². The first-order chi connectivity index (χ1) is 9.19. The van der Waals surface area contributed by atoms with Gasteiger partial charge >= 0.3 is 0 Å². The molecule has 1 unspecified atom stereocenters. The molecule has 98 valence electrons. The quantitative estimate of drug-likeness (QED) is 0.683. The molecule has 0 saturated carbocycles. The van der Waals surface area contributed by atoms with Crippen molar-refractivity contribution in [2.75, 3.05) is 0 Å². The van der Waals surface area contributed by atoms with E-state index in [0.29, 0.717) is 5.92 Å². The summed E-state index contributed by atoms with van der Waals surface area (Å²) in [6, 6.07) is 17.9. The van der Waals surface area contributed by atoms with E-state index in [4.69, 9.17) is 0 Å². The fourth-order valence-electron chi connectivity index (χ4n) is 3.74. The lowest BCUT2D eigenvalue weighted by Crippen LogP contribution is -2.29. The molecule has 1 aliphatic carbocycles. The second kappa shape index (κ2) is 4.52. The summed E-state index contributed by atoms with van der Waals surface area (Å²) in [7, 11) is 0. The van der Waals surface area contributed by atoms with E-state index in [2.05, 4.69) is 69.3 Å². The third kappa shape index (κ3) is 1.66. The van der Waals surface area contributed by atoms with Gasteiger partial charge in [-0.05, 0) is 34.6 Å². The van der Waals surface area contributed by atoms with Crippen LogP contribution in [0.5, 0.6) is 0 Å². The van der Waals surface area contributed by atoms with E-state index in [-0.39, 0.29) is 5.41 Å². The summed E-state index contributed by atoms with van der Waals surface area (Å²) in [6.07, 6.45) is 2.53. The van der Waals surface area contributed by atoms with Crippen molar-refractivity contribution >= 4 is 0 Å². The third-order valence-electron chi connectivity index (χ3n) is 4.97. The van der Waals surface area contributed by atoms with E-state index in [1.807, 2.05) is 0 Å². The zero-order chi connectivity index (χ0) is 13.5. The number of fused-ring (bicyclic) bond motifs is 3. The first-order valence-electron chi connectivity index (χ1n) is 7.39. The Labute approximate surface area is 116 Å². The summed E-state index contributed by atoms with van der Waals surface area (Å²) in [5.74, 6) is 0.669. The molecule has 0 aliphatic heterocycles. The van der Waals surface area contributed by atoms with Gasteiger partial charge < -0.3 is 0 Å². The van der Waals surface area contributed by atoms with Crippen LogP contribution in [0.25, 0.3) is 11.1 Å². The van der Waals surface area contributed by atoms with Gasteiger partial charge in [0.1, 0.15) is 0 Å². The number of hydrogen-bond acceptors (Lipinski definition) is 0. The molecular formula is C19H22. The molecule has 2 aromatic rings. The molecule has 0 saturated heterocycles. The minimum absolute atomic E-state index is 0.170. The SMILES string of the molecule is CCCC(C)C1(C)c2ccccc2-c2ccccc21. The highest BCUT2D eigenvalue weighted by atomic mass is 14.4. The largest absolute Gasteiger partial charge is 0.0654 e. The molecular weight excluding hydrogens is 228 g/mol. The molecule has 1 atom stereocenters. The maximum absolute atomic E-state index is 2.43. The lowest BCUT2D eigenvalue weighted by atomic mass is 9.69. The first kappa shape index (κ1) is 12.5. The Morgan fingerprint density at radius 3 is 1.84 bits per heavy atom. The minimum atomic E-state index is 0.170. The average Bonchev–Trinajstić information content (AvgIpc) is 2.72. The summed E-state index contributed by atoms with van der Waals surface area (Å²) in [4.78, 5) is 0. The van der Waals surface area contributed by atoms with Crippen LogP contribution in [0, 0.1) is 5.92 Å². The van der Waals surface area contributed by atoms with Gasteiger partial charge in [-0.2, -0.15) is 0 Å². The molecule has 0 fully saturated rings. The predicted octanol–water partition coefficient (Wildman–Crippen LogP) is 5.41. The van der Waals surface area contributed by atoms with E-state index in [1.165, 1.54) is 35.1 Å². The van der Waals surface area contributed by atoms with Crippen LogP contribution in [-0.2, 0) is 5.41 Å². The van der Waals surface area contributed by atoms with Crippen LogP contribution < -0.4 is 0 Å². The fraction of sp³-hybridized carbons (Fsp3) is 0.368. The van der Waals surface area contributed by atoms with E-state index < -0.39 is 0 Å². The molecule has 0 nitrogen and oxygen atoms in total. The van der Waals surface area contributed by atoms with E-state index in [1.54, 1.807) is 0 Å². The smallest absolute Gasteiger partial charge is 0.0212 e. The molecule has 0 bridgehead atoms. The van der Waals surface area contributed by atoms with Gasteiger partial charge in [-0.3, -0.25) is 0 Å². The summed E-state index contributed by atoms with van der Waals surface area (Å²) >= 11 is 0. The molecule has 0 amide bonds. The first-order valence-corrected chi connectivity index (χ1v) is 7.39. The Balaban J connectivity index is 2.25. The summed E-state index contributed by atoms with van der Waals surface area (Å²) in [5, 5.41) is 0. The fourth-order valence-corrected chi connectivity index (χ4v) is 3.74. The van der Waals surface area contributed by atoms with Gasteiger partial charge in [0, 0.05) is 5.41 Å². The molecule has 0 heteroatoms. The Morgan fingerprint density at radius 1 is 0.895 bits per heavy atom. The third-order valence-corrected chi connectivity index (χ3v) is 4.97. The average molecular weight is 250 g/mol. The maximum Gasteiger partial charge on any atom is 0.0212 e. The van der Waals surface area contributed by atoms with Crippen LogP contribution in [0.4, 0.5) is 0 Å². The zero-order valence-electron chi connectivity index (χ0n) is 12.1. The van der Waals surface area contributed by atoms with Gasteiger partial charge in [0.05, 0.1) is 0 Å². The van der Waals surface area contributed by atoms with E-state index in [9.17, 15) is 0 Å². The molecule has 0 heterocycles. The van der Waals surface area contributed by atoms with Crippen LogP contribution in [0.3, 0.4) is 0 Å². The van der Waals surface area contributed by atoms with Crippen molar-refractivity contribution in [2.45, 2.75) is 39.0 Å². The highest BCUT2D eigenvalue weighted by Gasteiger charge is 2.42. The topological polar surface area (TPSA) is 0 Å². The lowest BCUT2D eigenvalue weighted by molar-refractivity contribution is 0.355. The summed E-state index contributed by atoms with van der Waals surface area (Å²) < 4.78 is 0. The normalized spacial score (nSPS) is 16.8. The second-order valence-electron chi connectivity index (χ2n) is 5.98. The van der Waals surface area contributed by atoms with Gasteiger partial charge in [0.15, 0.2) is 0 Å². The Morgan fingerprint density at radius 2 is 1.37 bits per heavy atom. The summed E-state index contributed by atoms with van der Waals surface area (Å²) in [5.41, 5.74) is 6.06. The van der Waals surface area contributed by atoms with E-state index in [0.717, 1.165) is 0 Å². The molecule has 0 spiro atoms. The Bertz CT molecular complexity index is 549. The monoisotopic (exact) mass is 250 g/mol. The van der Waals surface area contributed by atoms with Gasteiger partial charge in [-0.25, -0.2) is 0 Å². The van der Waals surface area contributed by atoms with Crippen molar-refractivity contribution in [3.8, 4) is 11.1 Å². The number of hydrogen-bond donors (Lipinski definition) is 0. The van der Waals surface area contributed by atoms with Crippen molar-refractivity contribution in [1.82, 2.24) is 0 Å². The molecule has 1 aliphatic rings. The van der Waals surface area contributed by atoms with Crippen molar-refractivity contribution < 1.29 is 0 Å². The van der Waals surface area contributed by atoms with Crippen molar-refractivity contribution in [1.29, 1.82) is 0 Å². The highest BCUT2D eigenvalue weighted by molar-refractivity contribution is 5.80. The molecule has 2 aromatic carbocycles. The second-order valence-corrected chi connectivity index (χ2v) is 5.98. The minimum Gasteiger partial charge on any atom is -0.0654 e. The lowest BCUT2D eigenvalue weighted by Gasteiger charge is -2.34. The van der Waals surface area contributed by atoms with Gasteiger partial charge in [-0.1, -0.05) is 75.7 Å². The van der Waals surface area contributed by atoms with Gasteiger partial charge in [-0.15, -0.1) is 0 Å². The Kier molecular flexibility index (Phi) is 2.97. The standard InChI is InChI=1S/C19H22/c1-4-9-14(2)19(3)17-12-7-5-10-15(17)16-11-6-8-13-18(16)19/h5-8,10-14H,4,9H2,1-3H3. The Hall–Kier alpha value is -1.56. The summed E-state index contributed by atoms with van der Waals surface area (Å²) in [6.45, 7) is 7.12. The van der Waals surface area contributed by atoms with E-state index >= 15 is 0 Å². The van der Waals surface area contributed by atoms with Gasteiger partial charge in [0.2, 0.25) is 0 Å². The van der Waals surface area contributed by atoms with Crippen LogP contribution in [-0.4, -0.2) is 0 Å². The predicted molar refractivity (Wildman–Crippen MR) is 82.4 cm³/mol. The molecule has 0 N–H and O–H groups in total. The molecule has 0 radical (unpaired) electrons. The van der Waals surface area contributed by atoms with Crippen molar-refractivity contribution in [3.63, 3.8) is 0 Å². The van der Waals surface area contributed by atoms with Gasteiger partial charge in [0.25, 0.3) is 0 Å². The molecule has 19 heavy (non-hydrogen) atoms. The highest BCUT2D eigenvalue weighted by Crippen LogP contribution is 2.53. The van der Waals surface area contributed by atoms with Crippen molar-refractivity contribution in [3.05, 3.63) is 59.7 Å². The van der Waals surface area contributed by atoms with Crippen LogP contribution in [0.15, 0.2) is 48.5 Å². The van der Waals surface area contributed by atoms with Crippen LogP contribution >= 0.6 is 0 Å². The maximum atomic E-state index is 2.43. The number of benzene rings is 2. The van der Waals surface area contributed by atoms with Crippen LogP contribution in [0.1, 0.15) is 44.7 Å². The molecule has 3 rings (SSSR count). The van der Waals surface area contributed by atoms with Crippen molar-refractivity contribution in [2.24, 2.45) is 5.92 Å². The molecule has 0 aromatic heterocycles. The number of rotatable bonds is 3.